The Labute approximate surface area is 353 Å². The first-order valence-corrected chi connectivity index (χ1v) is 22.3. The molecule has 1 heterocycles. The van der Waals surface area contributed by atoms with Gasteiger partial charge >= 0.3 is 0 Å². The average Bonchev–Trinajstić information content (AvgIpc) is 3.20. The second-order valence-corrected chi connectivity index (χ2v) is 17.2. The monoisotopic (exact) mass is 828 g/mol. The number of anilines is 4. The molecular weight excluding hydrogens is 773 g/mol. The number of hydrogen-bond acceptors (Lipinski definition) is 7. The van der Waals surface area contributed by atoms with Gasteiger partial charge in [-0.15, -0.1) is 0 Å². The zero-order valence-electron chi connectivity index (χ0n) is 35.9. The first kappa shape index (κ1) is 43.8. The van der Waals surface area contributed by atoms with E-state index in [2.05, 4.69) is 29.8 Å². The van der Waals surface area contributed by atoms with Crippen LogP contribution in [0.5, 0.6) is 0 Å². The highest BCUT2D eigenvalue weighted by molar-refractivity contribution is 7.86. The van der Waals surface area contributed by atoms with E-state index < -0.39 is 10.1 Å². The standard InChI is InChI=1S/C49H56N4O6S/c1-9-11-13-19-43(54)52-48-31(5)25-29(3)46(33(48)7)50-35-21-23-37-40(27-35)59-41-28-36(22-24-38(41)45(37)39-17-15-16-18-42(39)60(56,57)58)51-47-30(4)26-32(6)49(34(47)8)53-44(55)20-14-12-10-2/h15-18,21-28,50H,9-14,19-20H2,1-8H3,(H,52,54)(H,53,55)(H,56,57,58)/b51-36-. The number of hydrogen-bond donors (Lipinski definition) is 4. The van der Waals surface area contributed by atoms with E-state index in [0.29, 0.717) is 57.3 Å². The number of carbonyl (C=O) groups excluding carboxylic acids is 2. The van der Waals surface area contributed by atoms with Gasteiger partial charge in [0.25, 0.3) is 10.1 Å². The molecule has 0 radical (unpaired) electrons. The van der Waals surface area contributed by atoms with E-state index in [1.807, 2.05) is 90.1 Å². The highest BCUT2D eigenvalue weighted by Gasteiger charge is 2.24. The molecule has 0 atom stereocenters. The van der Waals surface area contributed by atoms with Gasteiger partial charge in [0, 0.05) is 69.8 Å². The molecule has 4 aromatic carbocycles. The van der Waals surface area contributed by atoms with Crippen molar-refractivity contribution >= 4 is 61.3 Å². The van der Waals surface area contributed by atoms with Gasteiger partial charge in [-0.1, -0.05) is 69.9 Å². The van der Waals surface area contributed by atoms with Crippen molar-refractivity contribution < 1.29 is 27.0 Å². The maximum atomic E-state index is 12.9. The van der Waals surface area contributed by atoms with Crippen LogP contribution in [0.25, 0.3) is 33.4 Å². The van der Waals surface area contributed by atoms with E-state index in [-0.39, 0.29) is 16.7 Å². The molecule has 60 heavy (non-hydrogen) atoms. The summed E-state index contributed by atoms with van der Waals surface area (Å²) in [6.45, 7) is 16.2. The van der Waals surface area contributed by atoms with Crippen molar-refractivity contribution in [3.8, 4) is 22.5 Å². The van der Waals surface area contributed by atoms with Crippen molar-refractivity contribution in [2.75, 3.05) is 16.0 Å². The number of nitrogens with one attached hydrogen (secondary N) is 3. The van der Waals surface area contributed by atoms with Crippen LogP contribution < -0.4 is 21.3 Å². The first-order valence-electron chi connectivity index (χ1n) is 20.8. The second kappa shape index (κ2) is 18.6. The number of unbranched alkanes of at least 4 members (excludes halogenated alkanes) is 4. The molecule has 0 saturated carbocycles. The van der Waals surface area contributed by atoms with E-state index >= 15 is 0 Å². The molecule has 1 aliphatic carbocycles. The van der Waals surface area contributed by atoms with Crippen LogP contribution in [0, 0.1) is 41.5 Å². The van der Waals surface area contributed by atoms with Crippen molar-refractivity contribution in [3.63, 3.8) is 0 Å². The third-order valence-electron chi connectivity index (χ3n) is 11.1. The summed E-state index contributed by atoms with van der Waals surface area (Å²) in [7, 11) is -4.60. The van der Waals surface area contributed by atoms with Gasteiger partial charge < -0.3 is 20.4 Å². The summed E-state index contributed by atoms with van der Waals surface area (Å²) >= 11 is 0. The van der Waals surface area contributed by atoms with Crippen LogP contribution in [0.2, 0.25) is 0 Å². The minimum atomic E-state index is -4.60. The van der Waals surface area contributed by atoms with E-state index in [0.717, 1.165) is 94.7 Å². The van der Waals surface area contributed by atoms with Gasteiger partial charge in [-0.25, -0.2) is 4.99 Å². The summed E-state index contributed by atoms with van der Waals surface area (Å²) < 4.78 is 42.6. The van der Waals surface area contributed by atoms with Crippen molar-refractivity contribution in [2.45, 2.75) is 112 Å². The molecule has 314 valence electrons. The summed E-state index contributed by atoms with van der Waals surface area (Å²) in [6, 6.07) is 21.6. The smallest absolute Gasteiger partial charge is 0.295 e. The Balaban J connectivity index is 1.49. The fraction of sp³-hybridized carbons (Fsp3) is 0.327. The Kier molecular flexibility index (Phi) is 13.6. The van der Waals surface area contributed by atoms with Crippen molar-refractivity contribution in [2.24, 2.45) is 4.99 Å². The molecule has 0 bridgehead atoms. The normalized spacial score (nSPS) is 12.0. The van der Waals surface area contributed by atoms with Gasteiger partial charge in [-0.3, -0.25) is 14.1 Å². The molecule has 11 heteroatoms. The molecule has 0 aromatic heterocycles. The van der Waals surface area contributed by atoms with Crippen LogP contribution in [0.15, 0.2) is 87.1 Å². The molecule has 10 nitrogen and oxygen atoms in total. The average molecular weight is 829 g/mol. The Morgan fingerprint density at radius 2 is 1.27 bits per heavy atom. The van der Waals surface area contributed by atoms with E-state index in [4.69, 9.17) is 9.41 Å². The van der Waals surface area contributed by atoms with Crippen molar-refractivity contribution in [1.82, 2.24) is 0 Å². The molecule has 2 amide bonds. The van der Waals surface area contributed by atoms with Gasteiger partial charge in [-0.05, 0) is 118 Å². The molecule has 2 aliphatic rings. The Bertz CT molecular complexity index is 2750. The number of amides is 2. The summed E-state index contributed by atoms with van der Waals surface area (Å²) in [5.74, 6) is 0.413. The Morgan fingerprint density at radius 3 is 1.90 bits per heavy atom. The van der Waals surface area contributed by atoms with Crippen LogP contribution in [0.1, 0.15) is 98.6 Å². The number of fused-ring (bicyclic) bond motifs is 2. The summed E-state index contributed by atoms with van der Waals surface area (Å²) in [6.07, 6.45) is 6.66. The maximum absolute atomic E-state index is 12.9. The topological polar surface area (TPSA) is 150 Å². The van der Waals surface area contributed by atoms with Crippen LogP contribution in [0.3, 0.4) is 0 Å². The first-order chi connectivity index (χ1) is 28.6. The SMILES string of the molecule is CCCCCC(=O)Nc1c(C)cc(C)c(/N=c2/ccc3c(-c4ccccc4S(=O)(=O)O)c4ccc(Nc5c(C)cc(C)c(NC(=O)CCCCC)c5C)cc4oc-3c2)c1C. The number of aryl methyl sites for hydroxylation is 4. The molecule has 4 N–H and O–H groups in total. The van der Waals surface area contributed by atoms with Crippen LogP contribution in [-0.4, -0.2) is 24.8 Å². The van der Waals surface area contributed by atoms with Crippen LogP contribution >= 0.6 is 0 Å². The minimum Gasteiger partial charge on any atom is -0.456 e. The Morgan fingerprint density at radius 1 is 0.667 bits per heavy atom. The maximum Gasteiger partial charge on any atom is 0.295 e. The highest BCUT2D eigenvalue weighted by atomic mass is 32.2. The lowest BCUT2D eigenvalue weighted by Gasteiger charge is -2.20. The molecule has 0 saturated heterocycles. The molecule has 0 fully saturated rings. The second-order valence-electron chi connectivity index (χ2n) is 15.8. The summed E-state index contributed by atoms with van der Waals surface area (Å²) in [5.41, 5.74) is 11.4. The van der Waals surface area contributed by atoms with Crippen molar-refractivity contribution in [3.05, 3.63) is 112 Å². The zero-order chi connectivity index (χ0) is 43.3. The largest absolute Gasteiger partial charge is 0.456 e. The summed E-state index contributed by atoms with van der Waals surface area (Å²) in [4.78, 5) is 30.6. The van der Waals surface area contributed by atoms with Gasteiger partial charge in [0.05, 0.1) is 11.0 Å². The van der Waals surface area contributed by atoms with Crippen LogP contribution in [-0.2, 0) is 19.7 Å². The number of carbonyl (C=O) groups is 2. The predicted molar refractivity (Wildman–Crippen MR) is 243 cm³/mol. The third kappa shape index (κ3) is 9.64. The van der Waals surface area contributed by atoms with Crippen molar-refractivity contribution in [1.29, 1.82) is 0 Å². The molecule has 0 unspecified atom stereocenters. The lowest BCUT2D eigenvalue weighted by Crippen LogP contribution is -2.14. The van der Waals surface area contributed by atoms with E-state index in [1.165, 1.54) is 6.07 Å². The molecule has 6 rings (SSSR count). The zero-order valence-corrected chi connectivity index (χ0v) is 36.7. The fourth-order valence-electron chi connectivity index (χ4n) is 8.07. The van der Waals surface area contributed by atoms with Crippen LogP contribution in [0.4, 0.5) is 28.4 Å². The molecule has 0 spiro atoms. The number of rotatable bonds is 15. The quantitative estimate of drug-likeness (QED) is 0.0457. The Hall–Kier alpha value is -5.78. The minimum absolute atomic E-state index is 0.0117. The van der Waals surface area contributed by atoms with Gasteiger partial charge in [0.1, 0.15) is 16.2 Å². The summed E-state index contributed by atoms with van der Waals surface area (Å²) in [5, 5.41) is 11.1. The number of nitrogens with zero attached hydrogens (tertiary/aromatic N) is 1. The lowest BCUT2D eigenvalue weighted by atomic mass is 9.93. The third-order valence-corrected chi connectivity index (χ3v) is 12.0. The molecule has 1 aliphatic heterocycles. The number of benzene rings is 5. The molecule has 4 aromatic rings. The fourth-order valence-corrected chi connectivity index (χ4v) is 8.77. The highest BCUT2D eigenvalue weighted by Crippen LogP contribution is 2.43. The van der Waals surface area contributed by atoms with E-state index in [1.54, 1.807) is 18.2 Å². The predicted octanol–water partition coefficient (Wildman–Crippen LogP) is 12.3. The molecular formula is C49H56N4O6S. The van der Waals surface area contributed by atoms with Gasteiger partial charge in [0.15, 0.2) is 0 Å². The van der Waals surface area contributed by atoms with Gasteiger partial charge in [-0.2, -0.15) is 8.42 Å². The van der Waals surface area contributed by atoms with E-state index in [9.17, 15) is 22.6 Å². The lowest BCUT2D eigenvalue weighted by molar-refractivity contribution is -0.117. The van der Waals surface area contributed by atoms with Gasteiger partial charge in [0.2, 0.25) is 11.8 Å².